The van der Waals surface area contributed by atoms with E-state index in [1.807, 2.05) is 6.92 Å². The Kier molecular flexibility index (Phi) is 8.54. The van der Waals surface area contributed by atoms with Gasteiger partial charge in [-0.15, -0.1) is 0 Å². The Balaban J connectivity index is 2.03. The van der Waals surface area contributed by atoms with E-state index in [9.17, 15) is 16.8 Å². The van der Waals surface area contributed by atoms with Gasteiger partial charge in [0.25, 0.3) is 10.1 Å². The van der Waals surface area contributed by atoms with Crippen molar-refractivity contribution in [1.82, 2.24) is 0 Å². The van der Waals surface area contributed by atoms with E-state index in [-0.39, 0.29) is 28.9 Å². The molecule has 0 spiro atoms. The van der Waals surface area contributed by atoms with Crippen LogP contribution in [0.2, 0.25) is 0 Å². The summed E-state index contributed by atoms with van der Waals surface area (Å²) in [5.41, 5.74) is 0.924. The van der Waals surface area contributed by atoms with Gasteiger partial charge in [0.1, 0.15) is 12.9 Å². The van der Waals surface area contributed by atoms with Gasteiger partial charge < -0.3 is 9.47 Å². The molecule has 7 nitrogen and oxygen atoms in total. The van der Waals surface area contributed by atoms with Crippen LogP contribution in [-0.4, -0.2) is 49.2 Å². The molecule has 0 radical (unpaired) electrons. The van der Waals surface area contributed by atoms with Gasteiger partial charge >= 0.3 is 0 Å². The van der Waals surface area contributed by atoms with E-state index in [1.54, 1.807) is 30.3 Å². The first-order valence-corrected chi connectivity index (χ1v) is 11.8. The Hall–Kier alpha value is -2.04. The van der Waals surface area contributed by atoms with Gasteiger partial charge in [-0.2, -0.15) is 8.42 Å². The van der Waals surface area contributed by atoms with Crippen LogP contribution in [0.4, 0.5) is 0 Å². The van der Waals surface area contributed by atoms with E-state index in [0.29, 0.717) is 0 Å². The summed E-state index contributed by atoms with van der Waals surface area (Å²) in [7, 11) is -6.04. The van der Waals surface area contributed by atoms with Crippen molar-refractivity contribution in [2.75, 3.05) is 26.3 Å². The third-order valence-electron chi connectivity index (χ3n) is 3.87. The van der Waals surface area contributed by atoms with Crippen LogP contribution in [0.25, 0.3) is 0 Å². The highest BCUT2D eigenvalue weighted by molar-refractivity contribution is 7.91. The van der Waals surface area contributed by atoms with Gasteiger partial charge in [0.05, 0.1) is 22.2 Å². The lowest BCUT2D eigenvalue weighted by atomic mass is 10.2. The lowest BCUT2D eigenvalue weighted by molar-refractivity contribution is -0.0660. The van der Waals surface area contributed by atoms with Crippen LogP contribution in [-0.2, 0) is 33.6 Å². The molecule has 0 heterocycles. The minimum atomic E-state index is -3.97. The van der Waals surface area contributed by atoms with E-state index >= 15 is 0 Å². The van der Waals surface area contributed by atoms with Gasteiger partial charge in [0, 0.05) is 7.11 Å². The van der Waals surface area contributed by atoms with Gasteiger partial charge in [-0.3, -0.25) is 4.18 Å². The van der Waals surface area contributed by atoms with Crippen molar-refractivity contribution in [1.29, 1.82) is 0 Å². The molecule has 0 aliphatic heterocycles. The molecular weight excluding hydrogens is 416 g/mol. The average Bonchev–Trinajstić information content (AvgIpc) is 2.70. The predicted molar refractivity (Wildman–Crippen MR) is 109 cm³/mol. The van der Waals surface area contributed by atoms with Crippen LogP contribution >= 0.6 is 0 Å². The van der Waals surface area contributed by atoms with Gasteiger partial charge in [0.15, 0.2) is 9.84 Å². The van der Waals surface area contributed by atoms with E-state index in [0.717, 1.165) is 5.56 Å². The third kappa shape index (κ3) is 7.37. The first-order chi connectivity index (χ1) is 13.7. The number of methoxy groups -OCH3 is 1. The minimum absolute atomic E-state index is 0.0317. The quantitative estimate of drug-likeness (QED) is 0.301. The highest BCUT2D eigenvalue weighted by atomic mass is 32.2. The zero-order chi connectivity index (χ0) is 21.3. The number of hydrogen-bond donors (Lipinski definition) is 0. The largest absolute Gasteiger partial charge is 0.359 e. The minimum Gasteiger partial charge on any atom is -0.359 e. The second-order valence-electron chi connectivity index (χ2n) is 6.19. The summed E-state index contributed by atoms with van der Waals surface area (Å²) in [6.07, 6.45) is 2.05. The standard InChI is InChI=1S/C20H24O7S2/c1-17-10-12-20(13-11-17)29(23,24)27-15-18(26-16-25-2)7-6-14-28(21,22)19-8-4-3-5-9-19/h3-13,18H,14-16H2,1-2H3/b7-6+. The maximum atomic E-state index is 12.3. The molecule has 0 saturated heterocycles. The zero-order valence-electron chi connectivity index (χ0n) is 16.2. The fourth-order valence-corrected chi connectivity index (χ4v) is 4.35. The normalized spacial score (nSPS) is 13.6. The second-order valence-corrected chi connectivity index (χ2v) is 9.84. The van der Waals surface area contributed by atoms with E-state index in [1.165, 1.54) is 43.5 Å². The number of hydrogen-bond acceptors (Lipinski definition) is 7. The second kappa shape index (κ2) is 10.7. The Morgan fingerprint density at radius 3 is 2.21 bits per heavy atom. The summed E-state index contributed by atoms with van der Waals surface area (Å²) in [6.45, 7) is 1.43. The van der Waals surface area contributed by atoms with Crippen molar-refractivity contribution in [3.63, 3.8) is 0 Å². The third-order valence-corrected chi connectivity index (χ3v) is 6.78. The van der Waals surface area contributed by atoms with Crippen LogP contribution in [0.5, 0.6) is 0 Å². The monoisotopic (exact) mass is 440 g/mol. The summed E-state index contributed by atoms with van der Waals surface area (Å²) in [6, 6.07) is 14.3. The van der Waals surface area contributed by atoms with Crippen LogP contribution in [0.1, 0.15) is 5.56 Å². The van der Waals surface area contributed by atoms with Gasteiger partial charge in [-0.1, -0.05) is 48.0 Å². The van der Waals surface area contributed by atoms with Crippen molar-refractivity contribution in [2.24, 2.45) is 0 Å². The molecule has 0 N–H and O–H groups in total. The molecule has 0 saturated carbocycles. The molecule has 2 aromatic rings. The van der Waals surface area contributed by atoms with Gasteiger partial charge in [-0.05, 0) is 31.2 Å². The lowest BCUT2D eigenvalue weighted by Gasteiger charge is -2.14. The first kappa shape index (κ1) is 23.2. The molecule has 158 valence electrons. The summed E-state index contributed by atoms with van der Waals surface area (Å²) in [4.78, 5) is 0.237. The van der Waals surface area contributed by atoms with Crippen LogP contribution in [0.15, 0.2) is 76.5 Å². The topological polar surface area (TPSA) is 96.0 Å². The first-order valence-electron chi connectivity index (χ1n) is 8.76. The molecule has 1 atom stereocenters. The summed E-state index contributed by atoms with van der Waals surface area (Å²) in [5, 5.41) is 0. The smallest absolute Gasteiger partial charge is 0.297 e. The fraction of sp³-hybridized carbons (Fsp3) is 0.300. The van der Waals surface area contributed by atoms with Gasteiger partial charge in [-0.25, -0.2) is 8.42 Å². The predicted octanol–water partition coefficient (Wildman–Crippen LogP) is 2.72. The number of ether oxygens (including phenoxy) is 2. The Labute approximate surface area is 172 Å². The van der Waals surface area contributed by atoms with Crippen LogP contribution in [0, 0.1) is 6.92 Å². The molecule has 1 unspecified atom stereocenters. The maximum absolute atomic E-state index is 12.3. The van der Waals surface area contributed by atoms with Crippen molar-refractivity contribution >= 4 is 20.0 Å². The van der Waals surface area contributed by atoms with Crippen molar-refractivity contribution in [3.8, 4) is 0 Å². The number of sulfone groups is 1. The molecule has 2 aromatic carbocycles. The summed E-state index contributed by atoms with van der Waals surface area (Å²) in [5.74, 6) is -0.255. The fourth-order valence-electron chi connectivity index (χ4n) is 2.30. The van der Waals surface area contributed by atoms with Gasteiger partial charge in [0.2, 0.25) is 0 Å². The Morgan fingerprint density at radius 2 is 1.59 bits per heavy atom. The Bertz CT molecular complexity index is 997. The van der Waals surface area contributed by atoms with Crippen molar-refractivity contribution in [2.45, 2.75) is 22.8 Å². The molecule has 0 fully saturated rings. The lowest BCUT2D eigenvalue weighted by Crippen LogP contribution is -2.22. The Morgan fingerprint density at radius 1 is 0.931 bits per heavy atom. The molecule has 2 rings (SSSR count). The molecule has 0 bridgehead atoms. The highest BCUT2D eigenvalue weighted by Crippen LogP contribution is 2.15. The molecule has 0 aliphatic carbocycles. The molecule has 0 amide bonds. The van der Waals surface area contributed by atoms with Crippen LogP contribution in [0.3, 0.4) is 0 Å². The van der Waals surface area contributed by atoms with Crippen LogP contribution < -0.4 is 0 Å². The summed E-state index contributed by atoms with van der Waals surface area (Å²) < 4.78 is 64.5. The molecular formula is C20H24O7S2. The summed E-state index contributed by atoms with van der Waals surface area (Å²) >= 11 is 0. The maximum Gasteiger partial charge on any atom is 0.297 e. The molecule has 0 aromatic heterocycles. The zero-order valence-corrected chi connectivity index (χ0v) is 17.9. The number of benzene rings is 2. The van der Waals surface area contributed by atoms with E-state index in [2.05, 4.69) is 0 Å². The van der Waals surface area contributed by atoms with E-state index in [4.69, 9.17) is 13.7 Å². The molecule has 0 aliphatic rings. The molecule has 29 heavy (non-hydrogen) atoms. The molecule has 9 heteroatoms. The van der Waals surface area contributed by atoms with E-state index < -0.39 is 26.1 Å². The van der Waals surface area contributed by atoms with Crippen molar-refractivity contribution < 1.29 is 30.5 Å². The van der Waals surface area contributed by atoms with Crippen molar-refractivity contribution in [3.05, 3.63) is 72.3 Å². The SMILES string of the molecule is COCOC(/C=C/CS(=O)(=O)c1ccccc1)COS(=O)(=O)c1ccc(C)cc1. The number of aryl methyl sites for hydroxylation is 1. The number of rotatable bonds is 11. The average molecular weight is 441 g/mol. The highest BCUT2D eigenvalue weighted by Gasteiger charge is 2.18.